The summed E-state index contributed by atoms with van der Waals surface area (Å²) in [7, 11) is 0. The molecule has 92 valence electrons. The number of hydrogen-bond donors (Lipinski definition) is 1. The van der Waals surface area contributed by atoms with Crippen LogP contribution in [0.1, 0.15) is 11.1 Å². The van der Waals surface area contributed by atoms with Crippen LogP contribution in [0.3, 0.4) is 0 Å². The first-order valence-electron chi connectivity index (χ1n) is 5.57. The van der Waals surface area contributed by atoms with Crippen molar-refractivity contribution in [2.75, 3.05) is 5.73 Å². The van der Waals surface area contributed by atoms with Crippen LogP contribution in [0.5, 0.6) is 0 Å². The zero-order valence-electron chi connectivity index (χ0n) is 10.5. The van der Waals surface area contributed by atoms with Gasteiger partial charge in [-0.25, -0.2) is 0 Å². The molecule has 0 aliphatic carbocycles. The fourth-order valence-corrected chi connectivity index (χ4v) is 1.31. The lowest BCUT2D eigenvalue weighted by Crippen LogP contribution is -1.85. The Bertz CT molecular complexity index is 536. The molecule has 2 aromatic rings. The van der Waals surface area contributed by atoms with Gasteiger partial charge < -0.3 is 5.73 Å². The van der Waals surface area contributed by atoms with E-state index in [9.17, 15) is 0 Å². The molecule has 2 rings (SSSR count). The fourth-order valence-electron chi connectivity index (χ4n) is 1.31. The SMILES string of the molecule is Cc1ccccc1N.Cc1ccccc1N=[N+]=[N-]. The lowest BCUT2D eigenvalue weighted by molar-refractivity contribution is 1.38. The van der Waals surface area contributed by atoms with E-state index in [-0.39, 0.29) is 0 Å². The number of nitrogen functional groups attached to an aromatic ring is 1. The minimum absolute atomic E-state index is 0.699. The third kappa shape index (κ3) is 4.20. The molecule has 4 heteroatoms. The normalized spacial score (nSPS) is 8.78. The smallest absolute Gasteiger partial charge is 0.0404 e. The zero-order valence-corrected chi connectivity index (χ0v) is 10.5. The Hall–Kier alpha value is -2.45. The third-order valence-corrected chi connectivity index (χ3v) is 2.46. The molecule has 0 saturated carbocycles. The molecule has 2 aromatic carbocycles. The standard InChI is InChI=1S/C7H7N3.C7H9N/c1-6-4-2-3-5-7(6)9-10-8;1-6-4-2-3-5-7(6)8/h2-5H,1H3;2-5H,8H2,1H3. The maximum Gasteiger partial charge on any atom is 0.0404 e. The first kappa shape index (κ1) is 13.6. The van der Waals surface area contributed by atoms with E-state index in [1.807, 2.05) is 56.3 Å². The van der Waals surface area contributed by atoms with Gasteiger partial charge in [-0.05, 0) is 36.6 Å². The molecule has 0 aliphatic heterocycles. The molecule has 0 aliphatic rings. The van der Waals surface area contributed by atoms with Crippen molar-refractivity contribution < 1.29 is 0 Å². The molecule has 18 heavy (non-hydrogen) atoms. The number of anilines is 1. The maximum absolute atomic E-state index is 8.10. The van der Waals surface area contributed by atoms with Crippen molar-refractivity contribution >= 4 is 11.4 Å². The van der Waals surface area contributed by atoms with Gasteiger partial charge in [0.25, 0.3) is 0 Å². The molecule has 2 N–H and O–H groups in total. The van der Waals surface area contributed by atoms with Crippen LogP contribution in [0, 0.1) is 13.8 Å². The number of hydrogen-bond acceptors (Lipinski definition) is 2. The summed E-state index contributed by atoms with van der Waals surface area (Å²) in [5.74, 6) is 0. The van der Waals surface area contributed by atoms with Crippen molar-refractivity contribution in [3.05, 3.63) is 70.1 Å². The molecular weight excluding hydrogens is 224 g/mol. The molecule has 0 bridgehead atoms. The van der Waals surface area contributed by atoms with E-state index in [1.165, 1.54) is 0 Å². The van der Waals surface area contributed by atoms with Crippen molar-refractivity contribution in [3.63, 3.8) is 0 Å². The van der Waals surface area contributed by atoms with Crippen molar-refractivity contribution in [1.82, 2.24) is 0 Å². The summed E-state index contributed by atoms with van der Waals surface area (Å²) in [5.41, 5.74) is 17.3. The van der Waals surface area contributed by atoms with E-state index < -0.39 is 0 Å². The van der Waals surface area contributed by atoms with Crippen LogP contribution in [0.2, 0.25) is 0 Å². The number of nitrogens with zero attached hydrogens (tertiary/aromatic N) is 3. The predicted molar refractivity (Wildman–Crippen MR) is 75.6 cm³/mol. The molecule has 0 fully saturated rings. The predicted octanol–water partition coefficient (Wildman–Crippen LogP) is 4.51. The van der Waals surface area contributed by atoms with Gasteiger partial charge in [0.1, 0.15) is 0 Å². The Morgan fingerprint density at radius 2 is 1.50 bits per heavy atom. The molecule has 4 nitrogen and oxygen atoms in total. The number of rotatable bonds is 1. The largest absolute Gasteiger partial charge is 0.399 e. The van der Waals surface area contributed by atoms with Crippen molar-refractivity contribution in [3.8, 4) is 0 Å². The van der Waals surface area contributed by atoms with Crippen molar-refractivity contribution in [2.24, 2.45) is 5.11 Å². The Morgan fingerprint density at radius 1 is 0.944 bits per heavy atom. The van der Waals surface area contributed by atoms with Crippen LogP contribution >= 0.6 is 0 Å². The van der Waals surface area contributed by atoms with Gasteiger partial charge in [-0.15, -0.1) is 0 Å². The molecule has 0 unspecified atom stereocenters. The van der Waals surface area contributed by atoms with Crippen LogP contribution in [0.4, 0.5) is 11.4 Å². The minimum Gasteiger partial charge on any atom is -0.399 e. The number of aryl methyl sites for hydroxylation is 2. The van der Waals surface area contributed by atoms with Gasteiger partial charge in [0, 0.05) is 16.3 Å². The van der Waals surface area contributed by atoms with Crippen molar-refractivity contribution in [1.29, 1.82) is 0 Å². The third-order valence-electron chi connectivity index (χ3n) is 2.46. The highest BCUT2D eigenvalue weighted by molar-refractivity contribution is 5.45. The Balaban J connectivity index is 0.000000184. The topological polar surface area (TPSA) is 74.8 Å². The summed E-state index contributed by atoms with van der Waals surface area (Å²) in [6.07, 6.45) is 0. The van der Waals surface area contributed by atoms with Crippen LogP contribution in [-0.4, -0.2) is 0 Å². The van der Waals surface area contributed by atoms with Crippen LogP contribution < -0.4 is 5.73 Å². The summed E-state index contributed by atoms with van der Waals surface area (Å²) < 4.78 is 0. The Morgan fingerprint density at radius 3 is 1.94 bits per heavy atom. The van der Waals surface area contributed by atoms with E-state index in [1.54, 1.807) is 6.07 Å². The van der Waals surface area contributed by atoms with Crippen molar-refractivity contribution in [2.45, 2.75) is 13.8 Å². The van der Waals surface area contributed by atoms with E-state index in [0.29, 0.717) is 5.69 Å². The summed E-state index contributed by atoms with van der Waals surface area (Å²) in [5, 5.41) is 3.49. The minimum atomic E-state index is 0.699. The van der Waals surface area contributed by atoms with E-state index in [0.717, 1.165) is 16.8 Å². The number of benzene rings is 2. The fraction of sp³-hybridized carbons (Fsp3) is 0.143. The first-order chi connectivity index (χ1) is 8.65. The molecule has 0 amide bonds. The van der Waals surface area contributed by atoms with Crippen LogP contribution in [-0.2, 0) is 0 Å². The quantitative estimate of drug-likeness (QED) is 0.338. The van der Waals surface area contributed by atoms with Gasteiger partial charge in [-0.2, -0.15) is 0 Å². The average Bonchev–Trinajstić information content (AvgIpc) is 2.37. The van der Waals surface area contributed by atoms with Crippen LogP contribution in [0.25, 0.3) is 10.4 Å². The van der Waals surface area contributed by atoms with Gasteiger partial charge in [0.05, 0.1) is 0 Å². The monoisotopic (exact) mass is 240 g/mol. The summed E-state index contributed by atoms with van der Waals surface area (Å²) in [4.78, 5) is 2.69. The summed E-state index contributed by atoms with van der Waals surface area (Å²) in [6, 6.07) is 15.3. The highest BCUT2D eigenvalue weighted by atomic mass is 15.1. The second kappa shape index (κ2) is 6.99. The van der Waals surface area contributed by atoms with E-state index in [4.69, 9.17) is 11.3 Å². The Labute approximate surface area is 107 Å². The number of azide groups is 1. The second-order valence-corrected chi connectivity index (χ2v) is 3.83. The van der Waals surface area contributed by atoms with Crippen LogP contribution in [0.15, 0.2) is 53.6 Å². The van der Waals surface area contributed by atoms with E-state index in [2.05, 4.69) is 10.0 Å². The van der Waals surface area contributed by atoms with Gasteiger partial charge in [-0.1, -0.05) is 47.6 Å². The molecule has 0 radical (unpaired) electrons. The lowest BCUT2D eigenvalue weighted by Gasteiger charge is -1.93. The van der Waals surface area contributed by atoms with E-state index >= 15 is 0 Å². The molecule has 0 atom stereocenters. The second-order valence-electron chi connectivity index (χ2n) is 3.83. The number of para-hydroxylation sites is 1. The highest BCUT2D eigenvalue weighted by Crippen LogP contribution is 2.16. The molecule has 0 aromatic heterocycles. The highest BCUT2D eigenvalue weighted by Gasteiger charge is 1.89. The maximum atomic E-state index is 8.10. The lowest BCUT2D eigenvalue weighted by atomic mass is 10.2. The molecular formula is C14H16N4. The van der Waals surface area contributed by atoms with Gasteiger partial charge in [0.2, 0.25) is 0 Å². The molecule has 0 saturated heterocycles. The summed E-state index contributed by atoms with van der Waals surface area (Å²) in [6.45, 7) is 3.90. The summed E-state index contributed by atoms with van der Waals surface area (Å²) >= 11 is 0. The average molecular weight is 240 g/mol. The Kier molecular flexibility index (Phi) is 5.29. The van der Waals surface area contributed by atoms with Gasteiger partial charge in [-0.3, -0.25) is 0 Å². The van der Waals surface area contributed by atoms with Gasteiger partial charge in [0.15, 0.2) is 0 Å². The van der Waals surface area contributed by atoms with Gasteiger partial charge >= 0.3 is 0 Å². The first-order valence-corrected chi connectivity index (χ1v) is 5.57. The molecule has 0 spiro atoms. The zero-order chi connectivity index (χ0) is 13.4. The number of nitrogens with two attached hydrogens (primary N) is 1. The molecule has 0 heterocycles.